The summed E-state index contributed by atoms with van der Waals surface area (Å²) in [4.78, 5) is 10.6. The molecule has 0 aromatic carbocycles. The minimum atomic E-state index is -0.00604. The SMILES string of the molecule is CC(=O)NC[C@@H]1CC[C@@H](N)CO1.Cl. The molecule has 1 rings (SSSR count). The van der Waals surface area contributed by atoms with E-state index >= 15 is 0 Å². The molecule has 2 atom stereocenters. The second-order valence-electron chi connectivity index (χ2n) is 3.23. The summed E-state index contributed by atoms with van der Waals surface area (Å²) in [6.07, 6.45) is 2.10. The van der Waals surface area contributed by atoms with E-state index in [0.29, 0.717) is 13.2 Å². The standard InChI is InChI=1S/C8H16N2O2.ClH/c1-6(11)10-4-8-3-2-7(9)5-12-8;/h7-8H,2-5,9H2,1H3,(H,10,11);1H/t7-,8+;/m1./s1. The van der Waals surface area contributed by atoms with Crippen molar-refractivity contribution in [1.29, 1.82) is 0 Å². The Morgan fingerprint density at radius 3 is 2.77 bits per heavy atom. The van der Waals surface area contributed by atoms with E-state index in [1.807, 2.05) is 0 Å². The molecule has 0 bridgehead atoms. The number of hydrogen-bond donors (Lipinski definition) is 2. The van der Waals surface area contributed by atoms with Crippen molar-refractivity contribution in [3.63, 3.8) is 0 Å². The van der Waals surface area contributed by atoms with Gasteiger partial charge in [-0.05, 0) is 12.8 Å². The largest absolute Gasteiger partial charge is 0.375 e. The van der Waals surface area contributed by atoms with Crippen LogP contribution in [0.5, 0.6) is 0 Å². The van der Waals surface area contributed by atoms with Gasteiger partial charge in [-0.2, -0.15) is 0 Å². The maximum Gasteiger partial charge on any atom is 0.216 e. The van der Waals surface area contributed by atoms with Crippen molar-refractivity contribution in [2.45, 2.75) is 31.9 Å². The quantitative estimate of drug-likeness (QED) is 0.674. The fraction of sp³-hybridized carbons (Fsp3) is 0.875. The first-order chi connectivity index (χ1) is 5.68. The molecule has 4 nitrogen and oxygen atoms in total. The maximum absolute atomic E-state index is 10.6. The highest BCUT2D eigenvalue weighted by atomic mass is 35.5. The lowest BCUT2D eigenvalue weighted by atomic mass is 10.1. The van der Waals surface area contributed by atoms with Crippen LogP contribution in [0.3, 0.4) is 0 Å². The zero-order chi connectivity index (χ0) is 8.97. The molecule has 0 radical (unpaired) electrons. The number of nitrogens with two attached hydrogens (primary N) is 1. The molecule has 5 heteroatoms. The summed E-state index contributed by atoms with van der Waals surface area (Å²) in [5.41, 5.74) is 5.64. The number of nitrogens with one attached hydrogen (secondary N) is 1. The second-order valence-corrected chi connectivity index (χ2v) is 3.23. The average Bonchev–Trinajstić information content (AvgIpc) is 2.03. The van der Waals surface area contributed by atoms with Gasteiger partial charge < -0.3 is 15.8 Å². The van der Waals surface area contributed by atoms with Crippen LogP contribution in [0.1, 0.15) is 19.8 Å². The van der Waals surface area contributed by atoms with Gasteiger partial charge in [0.2, 0.25) is 5.91 Å². The molecule has 1 aliphatic rings. The van der Waals surface area contributed by atoms with Crippen LogP contribution in [-0.4, -0.2) is 31.2 Å². The Morgan fingerprint density at radius 2 is 2.31 bits per heavy atom. The van der Waals surface area contributed by atoms with Gasteiger partial charge in [-0.1, -0.05) is 0 Å². The van der Waals surface area contributed by atoms with Crippen molar-refractivity contribution in [3.8, 4) is 0 Å². The van der Waals surface area contributed by atoms with Gasteiger partial charge in [-0.3, -0.25) is 4.79 Å². The summed E-state index contributed by atoms with van der Waals surface area (Å²) in [7, 11) is 0. The molecule has 0 aromatic rings. The highest BCUT2D eigenvalue weighted by molar-refractivity contribution is 5.85. The van der Waals surface area contributed by atoms with Crippen LogP contribution in [-0.2, 0) is 9.53 Å². The van der Waals surface area contributed by atoms with Crippen LogP contribution in [0.2, 0.25) is 0 Å². The van der Waals surface area contributed by atoms with Gasteiger partial charge in [0.05, 0.1) is 12.7 Å². The van der Waals surface area contributed by atoms with Crippen molar-refractivity contribution in [3.05, 3.63) is 0 Å². The molecule has 0 aliphatic carbocycles. The fourth-order valence-corrected chi connectivity index (χ4v) is 1.24. The van der Waals surface area contributed by atoms with E-state index in [-0.39, 0.29) is 30.5 Å². The smallest absolute Gasteiger partial charge is 0.216 e. The first-order valence-electron chi connectivity index (χ1n) is 4.30. The van der Waals surface area contributed by atoms with Crippen LogP contribution in [0.25, 0.3) is 0 Å². The van der Waals surface area contributed by atoms with E-state index in [1.165, 1.54) is 6.92 Å². The van der Waals surface area contributed by atoms with E-state index in [4.69, 9.17) is 10.5 Å². The molecule has 13 heavy (non-hydrogen) atoms. The molecule has 1 aliphatic heterocycles. The molecule has 1 amide bonds. The summed E-state index contributed by atoms with van der Waals surface area (Å²) >= 11 is 0. The topological polar surface area (TPSA) is 64.4 Å². The molecule has 1 saturated heterocycles. The number of amides is 1. The van der Waals surface area contributed by atoms with Crippen LogP contribution < -0.4 is 11.1 Å². The van der Waals surface area contributed by atoms with Gasteiger partial charge in [0, 0.05) is 19.5 Å². The van der Waals surface area contributed by atoms with Gasteiger partial charge in [-0.15, -0.1) is 12.4 Å². The van der Waals surface area contributed by atoms with Crippen LogP contribution in [0.4, 0.5) is 0 Å². The van der Waals surface area contributed by atoms with E-state index in [9.17, 15) is 4.79 Å². The lowest BCUT2D eigenvalue weighted by Gasteiger charge is -2.26. The second kappa shape index (κ2) is 6.18. The average molecular weight is 209 g/mol. The normalized spacial score (nSPS) is 27.5. The van der Waals surface area contributed by atoms with Gasteiger partial charge >= 0.3 is 0 Å². The number of rotatable bonds is 2. The Morgan fingerprint density at radius 1 is 1.62 bits per heavy atom. The van der Waals surface area contributed by atoms with E-state index < -0.39 is 0 Å². The Balaban J connectivity index is 0.00000144. The third-order valence-electron chi connectivity index (χ3n) is 1.98. The molecular formula is C8H17ClN2O2. The van der Waals surface area contributed by atoms with Gasteiger partial charge in [-0.25, -0.2) is 0 Å². The molecule has 1 heterocycles. The number of halogens is 1. The number of carbonyl (C=O) groups is 1. The lowest BCUT2D eigenvalue weighted by molar-refractivity contribution is -0.119. The summed E-state index contributed by atoms with van der Waals surface area (Å²) < 4.78 is 5.40. The maximum atomic E-state index is 10.6. The van der Waals surface area contributed by atoms with Crippen molar-refractivity contribution < 1.29 is 9.53 Å². The molecule has 0 saturated carbocycles. The first kappa shape index (κ1) is 12.7. The predicted molar refractivity (Wildman–Crippen MR) is 52.9 cm³/mol. The molecule has 1 fully saturated rings. The van der Waals surface area contributed by atoms with Crippen molar-refractivity contribution in [1.82, 2.24) is 5.32 Å². The zero-order valence-electron chi connectivity index (χ0n) is 7.79. The minimum Gasteiger partial charge on any atom is -0.375 e. The first-order valence-corrected chi connectivity index (χ1v) is 4.30. The Labute approximate surface area is 84.6 Å². The highest BCUT2D eigenvalue weighted by Gasteiger charge is 2.18. The third-order valence-corrected chi connectivity index (χ3v) is 1.98. The molecule has 0 unspecified atom stereocenters. The Kier molecular flexibility index (Phi) is 6.03. The van der Waals surface area contributed by atoms with E-state index in [0.717, 1.165) is 12.8 Å². The molecule has 0 aromatic heterocycles. The van der Waals surface area contributed by atoms with E-state index in [1.54, 1.807) is 0 Å². The van der Waals surface area contributed by atoms with Gasteiger partial charge in [0.1, 0.15) is 0 Å². The van der Waals surface area contributed by atoms with E-state index in [2.05, 4.69) is 5.32 Å². The summed E-state index contributed by atoms with van der Waals surface area (Å²) in [5.74, 6) is -0.00604. The third kappa shape index (κ3) is 5.08. The number of ether oxygens (including phenoxy) is 1. The fourth-order valence-electron chi connectivity index (χ4n) is 1.24. The van der Waals surface area contributed by atoms with Crippen molar-refractivity contribution in [2.75, 3.05) is 13.2 Å². The minimum absolute atomic E-state index is 0. The number of hydrogen-bond acceptors (Lipinski definition) is 3. The predicted octanol–water partition coefficient (Wildman–Crippen LogP) is 0.0506. The highest BCUT2D eigenvalue weighted by Crippen LogP contribution is 2.10. The Hall–Kier alpha value is -0.320. The van der Waals surface area contributed by atoms with Crippen LogP contribution in [0.15, 0.2) is 0 Å². The summed E-state index contributed by atoms with van der Waals surface area (Å²) in [6, 6.07) is 0.179. The molecule has 3 N–H and O–H groups in total. The van der Waals surface area contributed by atoms with Crippen LogP contribution in [0, 0.1) is 0 Å². The summed E-state index contributed by atoms with van der Waals surface area (Å²) in [5, 5.41) is 2.73. The van der Waals surface area contributed by atoms with Crippen LogP contribution >= 0.6 is 12.4 Å². The van der Waals surface area contributed by atoms with Gasteiger partial charge in [0.15, 0.2) is 0 Å². The Bertz CT molecular complexity index is 158. The number of carbonyl (C=O) groups excluding carboxylic acids is 1. The summed E-state index contributed by atoms with van der Waals surface area (Å²) in [6.45, 7) is 2.74. The van der Waals surface area contributed by atoms with Crippen molar-refractivity contribution in [2.24, 2.45) is 5.73 Å². The lowest BCUT2D eigenvalue weighted by Crippen LogP contribution is -2.40. The molecule has 0 spiro atoms. The monoisotopic (exact) mass is 208 g/mol. The van der Waals surface area contributed by atoms with Gasteiger partial charge in [0.25, 0.3) is 0 Å². The van der Waals surface area contributed by atoms with Crippen molar-refractivity contribution >= 4 is 18.3 Å². The zero-order valence-corrected chi connectivity index (χ0v) is 8.60. The molecule has 78 valence electrons. The molecular weight excluding hydrogens is 192 g/mol.